The van der Waals surface area contributed by atoms with Crippen LogP contribution in [0.15, 0.2) is 29.1 Å². The molecule has 1 aromatic heterocycles. The zero-order valence-corrected chi connectivity index (χ0v) is 13.9. The summed E-state index contributed by atoms with van der Waals surface area (Å²) in [6.45, 7) is 3.96. The summed E-state index contributed by atoms with van der Waals surface area (Å²) >= 11 is 0. The van der Waals surface area contributed by atoms with Crippen LogP contribution in [0.5, 0.6) is 11.5 Å². The minimum atomic E-state index is -0.356. The number of anilines is 1. The first kappa shape index (κ1) is 16.1. The molecule has 0 radical (unpaired) electrons. The van der Waals surface area contributed by atoms with Crippen molar-refractivity contribution in [2.75, 3.05) is 19.0 Å². The number of hydrogen-bond donors (Lipinski definition) is 2. The van der Waals surface area contributed by atoms with Crippen molar-refractivity contribution in [1.29, 1.82) is 0 Å². The van der Waals surface area contributed by atoms with E-state index in [0.717, 1.165) is 16.8 Å². The molecule has 0 aliphatic carbocycles. The lowest BCUT2D eigenvalue weighted by molar-refractivity contribution is -0.121. The molecule has 6 nitrogen and oxygen atoms in total. The van der Waals surface area contributed by atoms with Crippen LogP contribution < -0.4 is 20.3 Å². The predicted octanol–water partition coefficient (Wildman–Crippen LogP) is 2.19. The van der Waals surface area contributed by atoms with Gasteiger partial charge in [0.05, 0.1) is 13.0 Å². The van der Waals surface area contributed by atoms with E-state index >= 15 is 0 Å². The lowest BCUT2D eigenvalue weighted by Crippen LogP contribution is -2.34. The lowest BCUT2D eigenvalue weighted by Gasteiger charge is -2.25. The van der Waals surface area contributed by atoms with Crippen LogP contribution >= 0.6 is 0 Å². The van der Waals surface area contributed by atoms with Crippen molar-refractivity contribution >= 4 is 11.6 Å². The number of aryl methyl sites for hydroxylation is 2. The maximum absolute atomic E-state index is 12.5. The van der Waals surface area contributed by atoms with Crippen LogP contribution in [0, 0.1) is 19.8 Å². The standard InChI is InChI=1S/C18H20N2O4/c1-10-7-14(18(22)19-11(10)2)20-17(21)13-8-12-5-4-6-15(23-3)16(12)24-9-13/h4-7,13H,8-9H2,1-3H3,(H,19,22)(H,20,21). The molecule has 0 saturated carbocycles. The molecule has 0 spiro atoms. The van der Waals surface area contributed by atoms with Crippen LogP contribution in [0.1, 0.15) is 16.8 Å². The van der Waals surface area contributed by atoms with Crippen molar-refractivity contribution in [3.8, 4) is 11.5 Å². The number of ether oxygens (including phenoxy) is 2. The van der Waals surface area contributed by atoms with E-state index in [1.165, 1.54) is 0 Å². The van der Waals surface area contributed by atoms with E-state index in [1.807, 2.05) is 32.0 Å². The van der Waals surface area contributed by atoms with E-state index in [4.69, 9.17) is 9.47 Å². The predicted molar refractivity (Wildman–Crippen MR) is 90.8 cm³/mol. The highest BCUT2D eigenvalue weighted by Crippen LogP contribution is 2.36. The SMILES string of the molecule is COc1cccc2c1OCC(C(=O)Nc1cc(C)c(C)[nH]c1=O)C2. The third-order valence-corrected chi connectivity index (χ3v) is 4.30. The summed E-state index contributed by atoms with van der Waals surface area (Å²) in [6.07, 6.45) is 0.543. The number of carbonyl (C=O) groups excluding carboxylic acids is 1. The second kappa shape index (κ2) is 6.39. The fraction of sp³-hybridized carbons (Fsp3) is 0.333. The van der Waals surface area contributed by atoms with Gasteiger partial charge in [-0.25, -0.2) is 0 Å². The van der Waals surface area contributed by atoms with E-state index < -0.39 is 0 Å². The molecule has 1 unspecified atom stereocenters. The molecule has 1 aliphatic rings. The molecule has 126 valence electrons. The number of aromatic amines is 1. The number of para-hydroxylation sites is 1. The molecule has 0 fully saturated rings. The van der Waals surface area contributed by atoms with Gasteiger partial charge < -0.3 is 19.8 Å². The number of pyridine rings is 1. The quantitative estimate of drug-likeness (QED) is 0.905. The van der Waals surface area contributed by atoms with E-state index in [1.54, 1.807) is 13.2 Å². The first-order chi connectivity index (χ1) is 11.5. The van der Waals surface area contributed by atoms with Gasteiger partial charge >= 0.3 is 0 Å². The van der Waals surface area contributed by atoms with Gasteiger partial charge in [0.2, 0.25) is 5.91 Å². The van der Waals surface area contributed by atoms with Gasteiger partial charge in [-0.2, -0.15) is 0 Å². The van der Waals surface area contributed by atoms with Crippen LogP contribution in [-0.4, -0.2) is 24.6 Å². The zero-order valence-electron chi connectivity index (χ0n) is 13.9. The highest BCUT2D eigenvalue weighted by molar-refractivity contribution is 5.93. The van der Waals surface area contributed by atoms with Gasteiger partial charge in [-0.1, -0.05) is 12.1 Å². The van der Waals surface area contributed by atoms with E-state index in [0.29, 0.717) is 17.9 Å². The molecule has 2 heterocycles. The summed E-state index contributed by atoms with van der Waals surface area (Å²) in [5, 5.41) is 2.71. The van der Waals surface area contributed by atoms with E-state index in [9.17, 15) is 9.59 Å². The van der Waals surface area contributed by atoms with Crippen molar-refractivity contribution < 1.29 is 14.3 Å². The van der Waals surface area contributed by atoms with Crippen LogP contribution in [-0.2, 0) is 11.2 Å². The van der Waals surface area contributed by atoms with E-state index in [2.05, 4.69) is 10.3 Å². The molecule has 2 N–H and O–H groups in total. The van der Waals surface area contributed by atoms with Gasteiger partial charge in [0.25, 0.3) is 5.56 Å². The topological polar surface area (TPSA) is 80.4 Å². The van der Waals surface area contributed by atoms with Crippen LogP contribution in [0.4, 0.5) is 5.69 Å². The summed E-state index contributed by atoms with van der Waals surface area (Å²) in [4.78, 5) is 27.2. The molecular weight excluding hydrogens is 308 g/mol. The summed E-state index contributed by atoms with van der Waals surface area (Å²) in [5.74, 6) is 0.771. The number of amides is 1. The summed E-state index contributed by atoms with van der Waals surface area (Å²) < 4.78 is 11.0. The molecule has 0 bridgehead atoms. The Kier molecular flexibility index (Phi) is 4.29. The Bertz CT molecular complexity index is 841. The van der Waals surface area contributed by atoms with Crippen molar-refractivity contribution in [3.05, 3.63) is 51.4 Å². The molecule has 24 heavy (non-hydrogen) atoms. The Balaban J connectivity index is 1.78. The van der Waals surface area contributed by atoms with Crippen LogP contribution in [0.2, 0.25) is 0 Å². The number of rotatable bonds is 3. The molecule has 1 aromatic carbocycles. The average molecular weight is 328 g/mol. The minimum Gasteiger partial charge on any atom is -0.493 e. The number of H-pyrrole nitrogens is 1. The highest BCUT2D eigenvalue weighted by atomic mass is 16.5. The minimum absolute atomic E-state index is 0.225. The molecule has 1 amide bonds. The van der Waals surface area contributed by atoms with E-state index in [-0.39, 0.29) is 29.7 Å². The fourth-order valence-electron chi connectivity index (χ4n) is 2.78. The molecule has 1 aliphatic heterocycles. The lowest BCUT2D eigenvalue weighted by atomic mass is 9.95. The van der Waals surface area contributed by atoms with Gasteiger partial charge in [-0.15, -0.1) is 0 Å². The molecule has 0 saturated heterocycles. The smallest absolute Gasteiger partial charge is 0.271 e. The number of nitrogens with one attached hydrogen (secondary N) is 2. The monoisotopic (exact) mass is 328 g/mol. The number of methoxy groups -OCH3 is 1. The fourth-order valence-corrected chi connectivity index (χ4v) is 2.78. The van der Waals surface area contributed by atoms with Crippen LogP contribution in [0.25, 0.3) is 0 Å². The van der Waals surface area contributed by atoms with Gasteiger partial charge in [-0.3, -0.25) is 9.59 Å². The molecule has 1 atom stereocenters. The van der Waals surface area contributed by atoms with Crippen molar-refractivity contribution in [1.82, 2.24) is 4.98 Å². The van der Waals surface area contributed by atoms with Gasteiger partial charge in [0.15, 0.2) is 11.5 Å². The van der Waals surface area contributed by atoms with Gasteiger partial charge in [0.1, 0.15) is 12.3 Å². The molecule has 2 aromatic rings. The van der Waals surface area contributed by atoms with Crippen molar-refractivity contribution in [2.24, 2.45) is 5.92 Å². The summed E-state index contributed by atoms with van der Waals surface area (Å²) in [5.41, 5.74) is 2.60. The number of carbonyl (C=O) groups is 1. The highest BCUT2D eigenvalue weighted by Gasteiger charge is 2.28. The van der Waals surface area contributed by atoms with Gasteiger partial charge in [-0.05, 0) is 43.5 Å². The largest absolute Gasteiger partial charge is 0.493 e. The number of aromatic nitrogens is 1. The van der Waals surface area contributed by atoms with Crippen LogP contribution in [0.3, 0.4) is 0 Å². The Morgan fingerprint density at radius 2 is 2.17 bits per heavy atom. The molecule has 3 rings (SSSR count). The Morgan fingerprint density at radius 1 is 1.38 bits per heavy atom. The van der Waals surface area contributed by atoms with Gasteiger partial charge in [0, 0.05) is 5.69 Å². The van der Waals surface area contributed by atoms with Crippen molar-refractivity contribution in [3.63, 3.8) is 0 Å². The first-order valence-corrected chi connectivity index (χ1v) is 7.79. The summed E-state index contributed by atoms with van der Waals surface area (Å²) in [7, 11) is 1.59. The Labute approximate surface area is 139 Å². The van der Waals surface area contributed by atoms with Crippen molar-refractivity contribution in [2.45, 2.75) is 20.3 Å². The number of benzene rings is 1. The Hall–Kier alpha value is -2.76. The molecular formula is C18H20N2O4. The molecule has 6 heteroatoms. The normalized spacial score (nSPS) is 16.0. The number of hydrogen-bond acceptors (Lipinski definition) is 4. The average Bonchev–Trinajstić information content (AvgIpc) is 2.58. The maximum atomic E-state index is 12.5. The second-order valence-corrected chi connectivity index (χ2v) is 5.97. The third-order valence-electron chi connectivity index (χ3n) is 4.30. The number of fused-ring (bicyclic) bond motifs is 1. The zero-order chi connectivity index (χ0) is 17.3. The summed E-state index contributed by atoms with van der Waals surface area (Å²) in [6, 6.07) is 7.30. The Morgan fingerprint density at radius 3 is 2.92 bits per heavy atom. The first-order valence-electron chi connectivity index (χ1n) is 7.79. The third kappa shape index (κ3) is 2.99. The maximum Gasteiger partial charge on any atom is 0.271 e. The second-order valence-electron chi connectivity index (χ2n) is 5.97.